The molecule has 1 heterocycles. The summed E-state index contributed by atoms with van der Waals surface area (Å²) in [5, 5.41) is 19.1. The van der Waals surface area contributed by atoms with Gasteiger partial charge in [0.05, 0.1) is 6.26 Å². The van der Waals surface area contributed by atoms with Gasteiger partial charge in [-0.3, -0.25) is 9.52 Å². The summed E-state index contributed by atoms with van der Waals surface area (Å²) in [4.78, 5) is 35.9. The number of carboxylic acid groups (broad SMARTS) is 2. The highest BCUT2D eigenvalue weighted by Crippen LogP contribution is 2.21. The number of aromatic amines is 1. The van der Waals surface area contributed by atoms with Crippen LogP contribution in [0, 0.1) is 0 Å². The van der Waals surface area contributed by atoms with Gasteiger partial charge in [-0.05, 0) is 80.7 Å². The highest BCUT2D eigenvalue weighted by Gasteiger charge is 2.07. The Morgan fingerprint density at radius 3 is 2.15 bits per heavy atom. The molecule has 3 rings (SSSR count). The Morgan fingerprint density at radius 2 is 1.56 bits per heavy atom. The van der Waals surface area contributed by atoms with Crippen LogP contribution in [-0.4, -0.2) is 79.8 Å². The average Bonchev–Trinajstić information content (AvgIpc) is 3.25. The number of nitrogens with one attached hydrogen (secondary N) is 3. The number of carbonyl (C=O) groups excluding carboxylic acids is 1. The fourth-order valence-corrected chi connectivity index (χ4v) is 4.34. The Labute approximate surface area is 228 Å². The monoisotopic (exact) mass is 560 g/mol. The van der Waals surface area contributed by atoms with E-state index in [-0.39, 0.29) is 5.91 Å². The van der Waals surface area contributed by atoms with Gasteiger partial charge in [-0.2, -0.15) is 0 Å². The lowest BCUT2D eigenvalue weighted by Gasteiger charge is -2.09. The average molecular weight is 561 g/mol. The molecule has 0 aliphatic rings. The summed E-state index contributed by atoms with van der Waals surface area (Å²) in [5.74, 6) is -3.59. The van der Waals surface area contributed by atoms with Gasteiger partial charge in [0.1, 0.15) is 0 Å². The number of aryl methyl sites for hydroxylation is 1. The second kappa shape index (κ2) is 14.9. The molecule has 0 unspecified atom stereocenters. The topological polar surface area (TPSA) is 169 Å². The Morgan fingerprint density at radius 1 is 0.923 bits per heavy atom. The van der Waals surface area contributed by atoms with E-state index in [9.17, 15) is 13.2 Å². The molecule has 0 fully saturated rings. The molecule has 0 saturated heterocycles. The summed E-state index contributed by atoms with van der Waals surface area (Å²) < 4.78 is 25.0. The van der Waals surface area contributed by atoms with Gasteiger partial charge in [0, 0.05) is 42.3 Å². The van der Waals surface area contributed by atoms with Crippen LogP contribution in [-0.2, 0) is 43.7 Å². The van der Waals surface area contributed by atoms with Crippen molar-refractivity contribution in [2.75, 3.05) is 38.2 Å². The van der Waals surface area contributed by atoms with Crippen LogP contribution < -0.4 is 10.0 Å². The van der Waals surface area contributed by atoms with E-state index in [4.69, 9.17) is 19.8 Å². The number of aliphatic carboxylic acids is 2. The zero-order valence-corrected chi connectivity index (χ0v) is 23.2. The van der Waals surface area contributed by atoms with Crippen molar-refractivity contribution in [1.29, 1.82) is 0 Å². The first kappa shape index (κ1) is 31.3. The van der Waals surface area contributed by atoms with Gasteiger partial charge in [-0.1, -0.05) is 18.2 Å². The second-order valence-electron chi connectivity index (χ2n) is 9.38. The lowest BCUT2D eigenvalue weighted by atomic mass is 10.1. The number of amides is 1. The minimum absolute atomic E-state index is 0.0553. The minimum atomic E-state index is -3.27. The third-order valence-electron chi connectivity index (χ3n) is 5.71. The van der Waals surface area contributed by atoms with Crippen LogP contribution in [0.4, 0.5) is 5.69 Å². The number of likely N-dealkylation sites (N-methyl/N-ethyl adjacent to an activating group) is 1. The largest absolute Gasteiger partial charge is 0.473 e. The quantitative estimate of drug-likeness (QED) is 0.211. The van der Waals surface area contributed by atoms with Crippen molar-refractivity contribution in [1.82, 2.24) is 15.2 Å². The normalized spacial score (nSPS) is 11.1. The maximum Gasteiger partial charge on any atom is 0.414 e. The van der Waals surface area contributed by atoms with Crippen molar-refractivity contribution >= 4 is 44.5 Å². The van der Waals surface area contributed by atoms with Crippen molar-refractivity contribution in [2.24, 2.45) is 0 Å². The molecule has 1 amide bonds. The van der Waals surface area contributed by atoms with Crippen molar-refractivity contribution < 1.29 is 33.0 Å². The maximum atomic E-state index is 12.2. The lowest BCUT2D eigenvalue weighted by molar-refractivity contribution is -0.159. The number of aromatic nitrogens is 1. The predicted octanol–water partition coefficient (Wildman–Crippen LogP) is 2.48. The second-order valence-corrected chi connectivity index (χ2v) is 11.1. The number of hydrogen-bond acceptors (Lipinski definition) is 6. The van der Waals surface area contributed by atoms with Crippen molar-refractivity contribution in [3.05, 3.63) is 65.4 Å². The first-order valence-corrected chi connectivity index (χ1v) is 14.3. The molecule has 3 aromatic rings. The molecule has 0 aliphatic heterocycles. The zero-order chi connectivity index (χ0) is 29.0. The highest BCUT2D eigenvalue weighted by atomic mass is 32.2. The predicted molar refractivity (Wildman–Crippen MR) is 150 cm³/mol. The Kier molecular flexibility index (Phi) is 12.0. The van der Waals surface area contributed by atoms with Gasteiger partial charge in [-0.15, -0.1) is 0 Å². The van der Waals surface area contributed by atoms with Gasteiger partial charge >= 0.3 is 11.9 Å². The smallest absolute Gasteiger partial charge is 0.414 e. The van der Waals surface area contributed by atoms with Crippen molar-refractivity contribution in [3.8, 4) is 0 Å². The van der Waals surface area contributed by atoms with Gasteiger partial charge in [0.2, 0.25) is 15.9 Å². The van der Waals surface area contributed by atoms with E-state index in [1.165, 1.54) is 16.5 Å². The molecule has 1 aromatic heterocycles. The standard InChI is InChI=1S/C25H34N4O3S.C2H2O4/c1-29(2)16-14-21-18-27-24-12-9-20(17-23(21)24)13-15-26-25(30)6-4-5-19-7-10-22(11-8-19)28-33(3,31)32;3-1(4)2(5)6/h7-12,17-18,27-28H,4-6,13-16H2,1-3H3,(H,26,30);(H,3,4)(H,5,6). The Hall–Kier alpha value is -3.90. The fourth-order valence-electron chi connectivity index (χ4n) is 3.77. The SMILES string of the molecule is CN(C)CCc1c[nH]c2ccc(CCNC(=O)CCCc3ccc(NS(C)(=O)=O)cc3)cc12.O=C(O)C(=O)O. The maximum absolute atomic E-state index is 12.2. The number of carboxylic acids is 2. The number of hydrogen-bond donors (Lipinski definition) is 5. The molecule has 39 heavy (non-hydrogen) atoms. The van der Waals surface area contributed by atoms with Gasteiger partial charge < -0.3 is 25.4 Å². The number of rotatable bonds is 12. The molecule has 2 aromatic carbocycles. The summed E-state index contributed by atoms with van der Waals surface area (Å²) >= 11 is 0. The number of H-pyrrole nitrogens is 1. The minimum Gasteiger partial charge on any atom is -0.473 e. The van der Waals surface area contributed by atoms with Gasteiger partial charge in [-0.25, -0.2) is 18.0 Å². The number of sulfonamides is 1. The summed E-state index contributed by atoms with van der Waals surface area (Å²) in [7, 11) is 0.893. The molecule has 0 aliphatic carbocycles. The van der Waals surface area contributed by atoms with E-state index in [1.54, 1.807) is 12.1 Å². The number of carbonyl (C=O) groups is 3. The molecule has 0 saturated carbocycles. The fraction of sp³-hybridized carbons (Fsp3) is 0.370. The summed E-state index contributed by atoms with van der Waals surface area (Å²) in [6, 6.07) is 13.7. The molecule has 11 nitrogen and oxygen atoms in total. The third-order valence-corrected chi connectivity index (χ3v) is 6.31. The molecule has 0 atom stereocenters. The summed E-state index contributed by atoms with van der Waals surface area (Å²) in [6.07, 6.45) is 7.01. The van der Waals surface area contributed by atoms with Crippen molar-refractivity contribution in [3.63, 3.8) is 0 Å². The third kappa shape index (κ3) is 12.0. The number of fused-ring (bicyclic) bond motifs is 1. The van der Waals surface area contributed by atoms with E-state index >= 15 is 0 Å². The number of benzene rings is 2. The Bertz CT molecular complexity index is 1350. The molecule has 0 radical (unpaired) electrons. The molecule has 5 N–H and O–H groups in total. The highest BCUT2D eigenvalue weighted by molar-refractivity contribution is 7.92. The van der Waals surface area contributed by atoms with Crippen LogP contribution >= 0.6 is 0 Å². The van der Waals surface area contributed by atoms with Crippen LogP contribution in [0.15, 0.2) is 48.7 Å². The summed E-state index contributed by atoms with van der Waals surface area (Å²) in [6.45, 7) is 1.63. The van der Waals surface area contributed by atoms with Crippen LogP contribution in [0.25, 0.3) is 10.9 Å². The molecular weight excluding hydrogens is 524 g/mol. The van der Waals surface area contributed by atoms with Gasteiger partial charge in [0.15, 0.2) is 0 Å². The first-order chi connectivity index (χ1) is 18.3. The molecule has 0 spiro atoms. The van der Waals surface area contributed by atoms with E-state index in [1.807, 2.05) is 12.1 Å². The molecule has 212 valence electrons. The van der Waals surface area contributed by atoms with Crippen LogP contribution in [0.1, 0.15) is 29.5 Å². The number of nitrogens with zero attached hydrogens (tertiary/aromatic N) is 1. The molecular formula is C27H36N4O7S. The van der Waals surface area contributed by atoms with Crippen LogP contribution in [0.5, 0.6) is 0 Å². The van der Waals surface area contributed by atoms with E-state index in [0.29, 0.717) is 18.7 Å². The van der Waals surface area contributed by atoms with Crippen LogP contribution in [0.2, 0.25) is 0 Å². The van der Waals surface area contributed by atoms with Crippen LogP contribution in [0.3, 0.4) is 0 Å². The van der Waals surface area contributed by atoms with E-state index in [2.05, 4.69) is 58.4 Å². The summed E-state index contributed by atoms with van der Waals surface area (Å²) in [5.41, 5.74) is 5.31. The van der Waals surface area contributed by atoms with E-state index in [0.717, 1.165) is 49.6 Å². The van der Waals surface area contributed by atoms with E-state index < -0.39 is 22.0 Å². The Balaban J connectivity index is 0.000000798. The first-order valence-electron chi connectivity index (χ1n) is 12.4. The van der Waals surface area contributed by atoms with Gasteiger partial charge in [0.25, 0.3) is 0 Å². The lowest BCUT2D eigenvalue weighted by Crippen LogP contribution is -2.25. The zero-order valence-electron chi connectivity index (χ0n) is 22.4. The molecule has 0 bridgehead atoms. The van der Waals surface area contributed by atoms with Crippen molar-refractivity contribution in [2.45, 2.75) is 32.1 Å². The molecule has 12 heteroatoms. The number of anilines is 1.